The normalized spacial score (nSPS) is 20.2. The molecule has 28 heavy (non-hydrogen) atoms. The molecule has 5 rings (SSSR count). The second-order valence-corrected chi connectivity index (χ2v) is 7.63. The number of amides is 1. The Morgan fingerprint density at radius 2 is 2.25 bits per heavy atom. The fourth-order valence-electron chi connectivity index (χ4n) is 3.62. The van der Waals surface area contributed by atoms with Crippen molar-refractivity contribution in [1.29, 1.82) is 0 Å². The lowest BCUT2D eigenvalue weighted by Gasteiger charge is -2.14. The number of carbonyl (C=O) groups is 1. The highest BCUT2D eigenvalue weighted by Crippen LogP contribution is 2.38. The number of anilines is 3. The number of nitrogens with zero attached hydrogens (tertiary/aromatic N) is 4. The van der Waals surface area contributed by atoms with Crippen molar-refractivity contribution in [3.8, 4) is 5.88 Å². The van der Waals surface area contributed by atoms with E-state index >= 15 is 0 Å². The van der Waals surface area contributed by atoms with E-state index in [4.69, 9.17) is 4.74 Å². The molecule has 0 spiro atoms. The summed E-state index contributed by atoms with van der Waals surface area (Å²) in [6.45, 7) is 5.58. The zero-order chi connectivity index (χ0) is 19.3. The van der Waals surface area contributed by atoms with Crippen LogP contribution in [0.2, 0.25) is 0 Å². The summed E-state index contributed by atoms with van der Waals surface area (Å²) in [5.41, 5.74) is 2.62. The maximum atomic E-state index is 12.1. The number of ether oxygens (including phenoxy) is 1. The van der Waals surface area contributed by atoms with Gasteiger partial charge in [0.1, 0.15) is 6.10 Å². The minimum atomic E-state index is -0.526. The van der Waals surface area contributed by atoms with Crippen molar-refractivity contribution in [3.05, 3.63) is 36.2 Å². The SMILES string of the molecule is CC1(C)C(=O)Nc2cc(Nc3nc4c(OC5CCNC5)nccn4n3)ccc21. The Morgan fingerprint density at radius 3 is 3.07 bits per heavy atom. The second-order valence-electron chi connectivity index (χ2n) is 7.63. The van der Waals surface area contributed by atoms with E-state index in [0.717, 1.165) is 36.4 Å². The predicted octanol–water partition coefficient (Wildman–Crippen LogP) is 1.84. The number of nitrogens with one attached hydrogen (secondary N) is 3. The van der Waals surface area contributed by atoms with Gasteiger partial charge in [-0.15, -0.1) is 5.10 Å². The number of fused-ring (bicyclic) bond motifs is 2. The van der Waals surface area contributed by atoms with Crippen LogP contribution < -0.4 is 20.7 Å². The maximum Gasteiger partial charge on any atom is 0.260 e. The highest BCUT2D eigenvalue weighted by molar-refractivity contribution is 6.06. The summed E-state index contributed by atoms with van der Waals surface area (Å²) in [5, 5.41) is 13.8. The molecule has 3 N–H and O–H groups in total. The molecule has 1 atom stereocenters. The van der Waals surface area contributed by atoms with Gasteiger partial charge < -0.3 is 20.7 Å². The molecule has 0 radical (unpaired) electrons. The molecule has 9 nitrogen and oxygen atoms in total. The van der Waals surface area contributed by atoms with Gasteiger partial charge in [0.25, 0.3) is 5.88 Å². The second kappa shape index (κ2) is 6.16. The van der Waals surface area contributed by atoms with Gasteiger partial charge in [-0.05, 0) is 44.5 Å². The molecule has 2 aromatic heterocycles. The summed E-state index contributed by atoms with van der Waals surface area (Å²) in [6, 6.07) is 5.77. The van der Waals surface area contributed by atoms with Crippen LogP contribution in [0.15, 0.2) is 30.6 Å². The van der Waals surface area contributed by atoms with Crippen LogP contribution in [-0.2, 0) is 10.2 Å². The minimum absolute atomic E-state index is 0.000211. The smallest absolute Gasteiger partial charge is 0.260 e. The largest absolute Gasteiger partial charge is 0.470 e. The van der Waals surface area contributed by atoms with Gasteiger partial charge in [0.05, 0.1) is 5.41 Å². The zero-order valence-electron chi connectivity index (χ0n) is 15.7. The molecule has 1 unspecified atom stereocenters. The third kappa shape index (κ3) is 2.75. The average Bonchev–Trinajstić information content (AvgIpc) is 3.35. The lowest BCUT2D eigenvalue weighted by atomic mass is 9.86. The van der Waals surface area contributed by atoms with Gasteiger partial charge in [-0.3, -0.25) is 4.79 Å². The van der Waals surface area contributed by atoms with E-state index in [1.54, 1.807) is 16.9 Å². The summed E-state index contributed by atoms with van der Waals surface area (Å²) in [7, 11) is 0. The molecule has 4 heterocycles. The van der Waals surface area contributed by atoms with E-state index in [-0.39, 0.29) is 12.0 Å². The third-order valence-electron chi connectivity index (χ3n) is 5.28. The molecule has 2 aliphatic heterocycles. The molecule has 144 valence electrons. The minimum Gasteiger partial charge on any atom is -0.470 e. The Bertz CT molecular complexity index is 1070. The molecule has 1 aromatic carbocycles. The Labute approximate surface area is 161 Å². The van der Waals surface area contributed by atoms with Crippen molar-refractivity contribution >= 4 is 28.9 Å². The summed E-state index contributed by atoms with van der Waals surface area (Å²) in [5.74, 6) is 0.908. The van der Waals surface area contributed by atoms with Crippen LogP contribution in [-0.4, -0.2) is 44.7 Å². The van der Waals surface area contributed by atoms with Gasteiger partial charge in [-0.25, -0.2) is 9.50 Å². The van der Waals surface area contributed by atoms with E-state index < -0.39 is 5.41 Å². The molecule has 0 saturated carbocycles. The van der Waals surface area contributed by atoms with E-state index in [2.05, 4.69) is 31.0 Å². The third-order valence-corrected chi connectivity index (χ3v) is 5.28. The molecule has 0 aliphatic carbocycles. The standard InChI is InChI=1S/C19H21N7O2/c1-19(2)13-4-3-11(9-14(13)23-17(19)27)22-18-24-15-16(21-7-8-26(15)25-18)28-12-5-6-20-10-12/h3-4,7-9,12,20H,5-6,10H2,1-2H3,(H,22,25)(H,23,27). The fourth-order valence-corrected chi connectivity index (χ4v) is 3.62. The first-order chi connectivity index (χ1) is 13.5. The van der Waals surface area contributed by atoms with Crippen LogP contribution in [0.25, 0.3) is 5.65 Å². The monoisotopic (exact) mass is 379 g/mol. The summed E-state index contributed by atoms with van der Waals surface area (Å²) < 4.78 is 7.62. The molecular formula is C19H21N7O2. The summed E-state index contributed by atoms with van der Waals surface area (Å²) >= 11 is 0. The van der Waals surface area contributed by atoms with E-state index in [0.29, 0.717) is 17.5 Å². The highest BCUT2D eigenvalue weighted by Gasteiger charge is 2.38. The Morgan fingerprint density at radius 1 is 1.36 bits per heavy atom. The topological polar surface area (TPSA) is 105 Å². The van der Waals surface area contributed by atoms with Crippen LogP contribution in [0.5, 0.6) is 5.88 Å². The average molecular weight is 379 g/mol. The number of rotatable bonds is 4. The van der Waals surface area contributed by atoms with Gasteiger partial charge in [0.2, 0.25) is 17.5 Å². The zero-order valence-corrected chi connectivity index (χ0v) is 15.7. The van der Waals surface area contributed by atoms with Gasteiger partial charge >= 0.3 is 0 Å². The molecule has 9 heteroatoms. The summed E-state index contributed by atoms with van der Waals surface area (Å²) in [6.07, 6.45) is 4.42. The van der Waals surface area contributed by atoms with Crippen molar-refractivity contribution in [2.45, 2.75) is 31.8 Å². The van der Waals surface area contributed by atoms with Crippen LogP contribution in [0.1, 0.15) is 25.8 Å². The summed E-state index contributed by atoms with van der Waals surface area (Å²) in [4.78, 5) is 21.0. The van der Waals surface area contributed by atoms with Crippen molar-refractivity contribution in [1.82, 2.24) is 24.9 Å². The number of aromatic nitrogens is 4. The van der Waals surface area contributed by atoms with Crippen molar-refractivity contribution in [3.63, 3.8) is 0 Å². The van der Waals surface area contributed by atoms with Crippen molar-refractivity contribution < 1.29 is 9.53 Å². The first-order valence-electron chi connectivity index (χ1n) is 9.32. The molecule has 2 aliphatic rings. The predicted molar refractivity (Wildman–Crippen MR) is 104 cm³/mol. The van der Waals surface area contributed by atoms with E-state index in [1.807, 2.05) is 32.0 Å². The van der Waals surface area contributed by atoms with Gasteiger partial charge in [0.15, 0.2) is 0 Å². The molecule has 1 amide bonds. The van der Waals surface area contributed by atoms with Gasteiger partial charge in [0, 0.05) is 30.3 Å². The van der Waals surface area contributed by atoms with Crippen molar-refractivity contribution in [2.24, 2.45) is 0 Å². The van der Waals surface area contributed by atoms with Crippen LogP contribution in [0, 0.1) is 0 Å². The van der Waals surface area contributed by atoms with Gasteiger partial charge in [-0.1, -0.05) is 6.07 Å². The Hall–Kier alpha value is -3.20. The quantitative estimate of drug-likeness (QED) is 0.635. The highest BCUT2D eigenvalue weighted by atomic mass is 16.5. The first kappa shape index (κ1) is 16.9. The Kier molecular flexibility index (Phi) is 3.73. The lowest BCUT2D eigenvalue weighted by Crippen LogP contribution is -2.26. The molecule has 3 aromatic rings. The van der Waals surface area contributed by atoms with E-state index in [9.17, 15) is 4.79 Å². The molecule has 0 bridgehead atoms. The van der Waals surface area contributed by atoms with E-state index in [1.165, 1.54) is 0 Å². The van der Waals surface area contributed by atoms with Gasteiger partial charge in [-0.2, -0.15) is 4.98 Å². The number of hydrogen-bond donors (Lipinski definition) is 3. The maximum absolute atomic E-state index is 12.1. The number of benzene rings is 1. The molecule has 1 fully saturated rings. The Balaban J connectivity index is 1.42. The molecular weight excluding hydrogens is 358 g/mol. The number of carbonyl (C=O) groups excluding carboxylic acids is 1. The van der Waals surface area contributed by atoms with Crippen molar-refractivity contribution in [2.75, 3.05) is 23.7 Å². The van der Waals surface area contributed by atoms with Crippen LogP contribution in [0.4, 0.5) is 17.3 Å². The van der Waals surface area contributed by atoms with Crippen LogP contribution in [0.3, 0.4) is 0 Å². The lowest BCUT2D eigenvalue weighted by molar-refractivity contribution is -0.119. The molecule has 1 saturated heterocycles. The fraction of sp³-hybridized carbons (Fsp3) is 0.368. The first-order valence-corrected chi connectivity index (χ1v) is 9.32. The van der Waals surface area contributed by atoms with Crippen LogP contribution >= 0.6 is 0 Å². The number of hydrogen-bond acceptors (Lipinski definition) is 7.